The lowest BCUT2D eigenvalue weighted by atomic mass is 10.2. The maximum Gasteiger partial charge on any atom is 0.0523 e. The summed E-state index contributed by atoms with van der Waals surface area (Å²) in [4.78, 5) is 0. The van der Waals surface area contributed by atoms with Crippen molar-refractivity contribution in [2.45, 2.75) is 12.2 Å². The molecule has 0 atom stereocenters. The number of benzene rings is 1. The van der Waals surface area contributed by atoms with Crippen molar-refractivity contribution in [3.8, 4) is 0 Å². The molecule has 0 unspecified atom stereocenters. The first-order chi connectivity index (χ1) is 6.43. The Kier molecular flexibility index (Phi) is 5.70. The molecule has 0 aliphatic heterocycles. The highest BCUT2D eigenvalue weighted by atomic mass is 32.2. The van der Waals surface area contributed by atoms with E-state index >= 15 is 0 Å². The van der Waals surface area contributed by atoms with Crippen LogP contribution in [0.1, 0.15) is 12.0 Å². The highest BCUT2D eigenvalue weighted by Crippen LogP contribution is 2.11. The molecule has 0 saturated heterocycles. The summed E-state index contributed by atoms with van der Waals surface area (Å²) in [6, 6.07) is 10.6. The van der Waals surface area contributed by atoms with Crippen LogP contribution in [0.2, 0.25) is 0 Å². The van der Waals surface area contributed by atoms with E-state index in [2.05, 4.69) is 37.4 Å². The molecule has 1 rings (SSSR count). The number of thioether (sulfide) groups is 1. The molecule has 1 aromatic rings. The third kappa shape index (κ3) is 4.96. The fourth-order valence-corrected chi connectivity index (χ4v) is 2.04. The molecule has 0 bridgehead atoms. The van der Waals surface area contributed by atoms with Crippen LogP contribution in [-0.2, 0) is 5.75 Å². The van der Waals surface area contributed by atoms with Crippen molar-refractivity contribution in [2.24, 2.45) is 0 Å². The first-order valence-electron chi connectivity index (χ1n) is 4.66. The normalized spacial score (nSPS) is 10.2. The van der Waals surface area contributed by atoms with Crippen LogP contribution in [0.5, 0.6) is 0 Å². The molecular weight excluding hydrogens is 178 g/mol. The van der Waals surface area contributed by atoms with Gasteiger partial charge in [0.2, 0.25) is 0 Å². The van der Waals surface area contributed by atoms with Crippen molar-refractivity contribution in [3.05, 3.63) is 42.9 Å². The minimum absolute atomic E-state index is 1.14. The molecule has 0 spiro atoms. The van der Waals surface area contributed by atoms with Crippen molar-refractivity contribution in [1.82, 2.24) is 0 Å². The second-order valence-corrected chi connectivity index (χ2v) is 4.07. The highest BCUT2D eigenvalue weighted by molar-refractivity contribution is 7.98. The van der Waals surface area contributed by atoms with Crippen molar-refractivity contribution < 1.29 is 5.32 Å². The molecule has 1 aromatic carbocycles. The molecule has 0 amide bonds. The van der Waals surface area contributed by atoms with E-state index in [1.54, 1.807) is 0 Å². The van der Waals surface area contributed by atoms with E-state index in [0.717, 1.165) is 12.3 Å². The Bertz CT molecular complexity index is 211. The number of nitrogens with two attached hydrogens (primary N) is 1. The largest absolute Gasteiger partial charge is 0.479 e. The van der Waals surface area contributed by atoms with E-state index in [1.165, 1.54) is 17.7 Å². The average Bonchev–Trinajstić information content (AvgIpc) is 2.19. The van der Waals surface area contributed by atoms with Crippen LogP contribution in [0.3, 0.4) is 0 Å². The maximum atomic E-state index is 3.71. The summed E-state index contributed by atoms with van der Waals surface area (Å²) in [5.41, 5.74) is 1.42. The number of rotatable bonds is 6. The molecule has 0 aromatic heterocycles. The van der Waals surface area contributed by atoms with E-state index in [-0.39, 0.29) is 0 Å². The van der Waals surface area contributed by atoms with Crippen molar-refractivity contribution in [2.75, 3.05) is 12.3 Å². The molecule has 0 saturated carbocycles. The Hall–Kier alpha value is -0.470. The Morgan fingerprint density at radius 2 is 2.00 bits per heavy atom. The summed E-state index contributed by atoms with van der Waals surface area (Å²) in [5, 5.41) is 1.99. The van der Waals surface area contributed by atoms with Gasteiger partial charge in [-0.1, -0.05) is 30.3 Å². The van der Waals surface area contributed by atoms with Crippen LogP contribution < -0.4 is 5.32 Å². The zero-order valence-corrected chi connectivity index (χ0v) is 8.72. The molecule has 72 valence electrons. The highest BCUT2D eigenvalue weighted by Gasteiger charge is 1.91. The Morgan fingerprint density at radius 3 is 2.69 bits per heavy atom. The van der Waals surface area contributed by atoms with E-state index in [1.807, 2.05) is 17.1 Å². The van der Waals surface area contributed by atoms with Gasteiger partial charge in [0.1, 0.15) is 0 Å². The summed E-state index contributed by atoms with van der Waals surface area (Å²) in [6.07, 6.45) is 1.25. The summed E-state index contributed by atoms with van der Waals surface area (Å²) in [5.74, 6) is 2.37. The fraction of sp³-hybridized carbons (Fsp3) is 0.364. The molecule has 0 aliphatic carbocycles. The summed E-state index contributed by atoms with van der Waals surface area (Å²) >= 11 is 2.00. The first-order valence-corrected chi connectivity index (χ1v) is 5.81. The topological polar surface area (TPSA) is 16.6 Å². The van der Waals surface area contributed by atoms with Gasteiger partial charge in [0, 0.05) is 12.2 Å². The lowest BCUT2D eigenvalue weighted by molar-refractivity contribution is -0.595. The summed E-state index contributed by atoms with van der Waals surface area (Å²) < 4.78 is 0. The zero-order valence-electron chi connectivity index (χ0n) is 7.91. The first kappa shape index (κ1) is 10.6. The minimum Gasteiger partial charge on any atom is -0.479 e. The zero-order chi connectivity index (χ0) is 9.36. The smallest absolute Gasteiger partial charge is 0.0523 e. The van der Waals surface area contributed by atoms with Gasteiger partial charge in [0.05, 0.1) is 6.54 Å². The lowest BCUT2D eigenvalue weighted by Crippen LogP contribution is -2.76. The third-order valence-corrected chi connectivity index (χ3v) is 2.92. The quantitative estimate of drug-likeness (QED) is 0.539. The maximum absolute atomic E-state index is 3.71. The van der Waals surface area contributed by atoms with Crippen LogP contribution >= 0.6 is 11.8 Å². The van der Waals surface area contributed by atoms with Gasteiger partial charge >= 0.3 is 0 Å². The predicted molar refractivity (Wildman–Crippen MR) is 59.4 cm³/mol. The second-order valence-electron chi connectivity index (χ2n) is 2.97. The monoisotopic (exact) mass is 195 g/mol. The molecule has 1 nitrogen and oxygen atoms in total. The number of quaternary nitrogens is 1. The van der Waals surface area contributed by atoms with Gasteiger partial charge in [-0.3, -0.25) is 0 Å². The fourth-order valence-electron chi connectivity index (χ4n) is 1.09. The van der Waals surface area contributed by atoms with E-state index in [9.17, 15) is 0 Å². The third-order valence-electron chi connectivity index (χ3n) is 1.81. The molecule has 13 heavy (non-hydrogen) atoms. The average molecular weight is 195 g/mol. The molecule has 0 radical (unpaired) electrons. The van der Waals surface area contributed by atoms with E-state index < -0.39 is 0 Å². The van der Waals surface area contributed by atoms with Crippen LogP contribution in [0.4, 0.5) is 0 Å². The van der Waals surface area contributed by atoms with Gasteiger partial charge < -0.3 is 5.32 Å². The molecule has 0 heterocycles. The van der Waals surface area contributed by atoms with E-state index in [4.69, 9.17) is 0 Å². The molecule has 2 N–H and O–H groups in total. The molecule has 0 fully saturated rings. The molecule has 0 aliphatic rings. The summed E-state index contributed by atoms with van der Waals surface area (Å²) in [6.45, 7) is 1.14. The predicted octanol–water partition coefficient (Wildman–Crippen LogP) is 1.66. The van der Waals surface area contributed by atoms with Crippen LogP contribution in [0, 0.1) is 7.05 Å². The second kappa shape index (κ2) is 6.98. The van der Waals surface area contributed by atoms with Crippen molar-refractivity contribution in [1.29, 1.82) is 0 Å². The molecule has 2 heteroatoms. The number of hydrogen-bond donors (Lipinski definition) is 1. The standard InChI is InChI=1S/C11H17NS/c1-12-8-5-9-13-10-11-6-3-2-4-7-11/h2-4,6-7H,1,5,8-10,12H2. The van der Waals surface area contributed by atoms with Gasteiger partial charge in [-0.25, -0.2) is 0 Å². The van der Waals surface area contributed by atoms with Gasteiger partial charge in [0.25, 0.3) is 0 Å². The van der Waals surface area contributed by atoms with Gasteiger partial charge in [0.15, 0.2) is 0 Å². The SMILES string of the molecule is [CH2-][NH2+]CCCSCc1ccccc1. The van der Waals surface area contributed by atoms with Gasteiger partial charge in [-0.05, 0) is 11.3 Å². The van der Waals surface area contributed by atoms with Gasteiger partial charge in [-0.2, -0.15) is 18.8 Å². The van der Waals surface area contributed by atoms with Crippen LogP contribution in [0.25, 0.3) is 0 Å². The Morgan fingerprint density at radius 1 is 1.23 bits per heavy atom. The van der Waals surface area contributed by atoms with Crippen LogP contribution in [0.15, 0.2) is 30.3 Å². The van der Waals surface area contributed by atoms with Crippen molar-refractivity contribution >= 4 is 11.8 Å². The van der Waals surface area contributed by atoms with E-state index in [0.29, 0.717) is 0 Å². The minimum atomic E-state index is 1.14. The molecular formula is C11H17NS. The summed E-state index contributed by atoms with van der Waals surface area (Å²) in [7, 11) is 3.71. The Labute approximate surface area is 84.9 Å². The number of hydrogen-bond acceptors (Lipinski definition) is 1. The Balaban J connectivity index is 2.07. The lowest BCUT2D eigenvalue weighted by Gasteiger charge is -2.01. The van der Waals surface area contributed by atoms with Gasteiger partial charge in [-0.15, -0.1) is 0 Å². The van der Waals surface area contributed by atoms with Crippen molar-refractivity contribution in [3.63, 3.8) is 0 Å². The van der Waals surface area contributed by atoms with Crippen LogP contribution in [-0.4, -0.2) is 12.3 Å².